The summed E-state index contributed by atoms with van der Waals surface area (Å²) in [4.78, 5) is 15.1. The Hall–Kier alpha value is -2.05. The van der Waals surface area contributed by atoms with Crippen LogP contribution in [-0.4, -0.2) is 55.7 Å². The molecule has 0 bridgehead atoms. The van der Waals surface area contributed by atoms with Gasteiger partial charge in [-0.05, 0) is 23.8 Å². The number of rotatable bonds is 6. The molecule has 1 fully saturated rings. The number of sulfonamides is 1. The van der Waals surface area contributed by atoms with Gasteiger partial charge in [0.1, 0.15) is 5.01 Å². The predicted octanol–water partition coefficient (Wildman–Crippen LogP) is 3.12. The van der Waals surface area contributed by atoms with E-state index in [0.29, 0.717) is 36.3 Å². The lowest BCUT2D eigenvalue weighted by molar-refractivity contribution is -0.134. The summed E-state index contributed by atoms with van der Waals surface area (Å²) in [6.07, 6.45) is 0.0808. The number of carbonyl (C=O) groups excluding carboxylic acids is 1. The van der Waals surface area contributed by atoms with Crippen LogP contribution >= 0.6 is 34.3 Å². The highest BCUT2D eigenvalue weighted by Crippen LogP contribution is 2.30. The van der Waals surface area contributed by atoms with E-state index in [9.17, 15) is 13.2 Å². The molecule has 0 spiro atoms. The fourth-order valence-electron chi connectivity index (χ4n) is 2.86. The SMILES string of the molecule is O=C(Cc1nnc(NS(=O)(=O)c2ccc(-c3cc(Cl)cs3)cc2)s1)N1CCOCC1. The van der Waals surface area contributed by atoms with Gasteiger partial charge >= 0.3 is 0 Å². The zero-order valence-electron chi connectivity index (χ0n) is 15.6. The zero-order chi connectivity index (χ0) is 21.1. The van der Waals surface area contributed by atoms with Crippen LogP contribution in [0.3, 0.4) is 0 Å². The number of amides is 1. The normalized spacial score (nSPS) is 14.6. The molecular weight excluding hydrogens is 468 g/mol. The summed E-state index contributed by atoms with van der Waals surface area (Å²) in [6, 6.07) is 8.33. The summed E-state index contributed by atoms with van der Waals surface area (Å²) >= 11 is 8.48. The Bertz CT molecular complexity index is 1140. The van der Waals surface area contributed by atoms with Crippen molar-refractivity contribution in [3.63, 3.8) is 0 Å². The average Bonchev–Trinajstić information content (AvgIpc) is 3.37. The van der Waals surface area contributed by atoms with E-state index in [1.165, 1.54) is 23.5 Å². The average molecular weight is 485 g/mol. The van der Waals surface area contributed by atoms with E-state index >= 15 is 0 Å². The van der Waals surface area contributed by atoms with Gasteiger partial charge in [0, 0.05) is 23.3 Å². The van der Waals surface area contributed by atoms with E-state index in [-0.39, 0.29) is 22.4 Å². The molecule has 8 nitrogen and oxygen atoms in total. The van der Waals surface area contributed by atoms with Crippen LogP contribution < -0.4 is 4.72 Å². The predicted molar refractivity (Wildman–Crippen MR) is 117 cm³/mol. The molecule has 0 aliphatic carbocycles. The standard InChI is InChI=1S/C18H17ClN4O4S3/c19-13-9-15(28-11-13)12-1-3-14(4-2-12)30(25,26)22-18-21-20-16(29-18)10-17(24)23-5-7-27-8-6-23/h1-4,9,11H,5-8,10H2,(H,21,22). The Morgan fingerprint density at radius 3 is 2.60 bits per heavy atom. The third-order valence-corrected chi connectivity index (χ3v) is 8.02. The van der Waals surface area contributed by atoms with Crippen LogP contribution in [0.4, 0.5) is 5.13 Å². The minimum Gasteiger partial charge on any atom is -0.378 e. The number of thiophene rings is 1. The largest absolute Gasteiger partial charge is 0.378 e. The summed E-state index contributed by atoms with van der Waals surface area (Å²) in [6.45, 7) is 2.13. The maximum atomic E-state index is 12.7. The number of ether oxygens (including phenoxy) is 1. The first kappa shape index (κ1) is 21.2. The molecule has 12 heteroatoms. The number of halogens is 1. The number of aromatic nitrogens is 2. The molecule has 4 rings (SSSR count). The number of carbonyl (C=O) groups is 1. The van der Waals surface area contributed by atoms with Crippen molar-refractivity contribution < 1.29 is 17.9 Å². The van der Waals surface area contributed by atoms with Gasteiger partial charge in [-0.15, -0.1) is 21.5 Å². The minimum absolute atomic E-state index is 0.0758. The maximum absolute atomic E-state index is 12.7. The maximum Gasteiger partial charge on any atom is 0.263 e. The quantitative estimate of drug-likeness (QED) is 0.576. The number of hydrogen-bond acceptors (Lipinski definition) is 8. The fourth-order valence-corrected chi connectivity index (χ4v) is 5.90. The molecule has 1 N–H and O–H groups in total. The molecule has 3 heterocycles. The molecule has 0 unspecified atom stereocenters. The monoisotopic (exact) mass is 484 g/mol. The first-order valence-electron chi connectivity index (χ1n) is 8.96. The van der Waals surface area contributed by atoms with Gasteiger partial charge in [-0.25, -0.2) is 8.42 Å². The summed E-state index contributed by atoms with van der Waals surface area (Å²) in [7, 11) is -3.82. The van der Waals surface area contributed by atoms with Crippen molar-refractivity contribution in [1.29, 1.82) is 0 Å². The van der Waals surface area contributed by atoms with Crippen molar-refractivity contribution in [2.45, 2.75) is 11.3 Å². The van der Waals surface area contributed by atoms with Crippen LogP contribution in [0.1, 0.15) is 5.01 Å². The van der Waals surface area contributed by atoms with Gasteiger partial charge in [0.25, 0.3) is 10.0 Å². The number of morpholine rings is 1. The van der Waals surface area contributed by atoms with Gasteiger partial charge in [0.05, 0.1) is 29.6 Å². The number of anilines is 1. The van der Waals surface area contributed by atoms with E-state index in [2.05, 4.69) is 14.9 Å². The second kappa shape index (κ2) is 8.98. The Morgan fingerprint density at radius 1 is 1.20 bits per heavy atom. The minimum atomic E-state index is -3.82. The number of benzene rings is 1. The molecule has 3 aromatic rings. The Morgan fingerprint density at radius 2 is 1.93 bits per heavy atom. The lowest BCUT2D eigenvalue weighted by Crippen LogP contribution is -2.41. The molecule has 1 aliphatic rings. The third kappa shape index (κ3) is 4.98. The van der Waals surface area contributed by atoms with Gasteiger partial charge in [-0.1, -0.05) is 35.1 Å². The van der Waals surface area contributed by atoms with Gasteiger partial charge < -0.3 is 9.64 Å². The Balaban J connectivity index is 1.41. The summed E-state index contributed by atoms with van der Waals surface area (Å²) in [5.74, 6) is -0.0758. The van der Waals surface area contributed by atoms with Gasteiger partial charge in [-0.3, -0.25) is 9.52 Å². The van der Waals surface area contributed by atoms with E-state index in [1.807, 2.05) is 11.4 Å². The highest BCUT2D eigenvalue weighted by Gasteiger charge is 2.21. The highest BCUT2D eigenvalue weighted by atomic mass is 35.5. The van der Waals surface area contributed by atoms with Crippen LogP contribution in [0.15, 0.2) is 40.6 Å². The van der Waals surface area contributed by atoms with Gasteiger partial charge in [0.15, 0.2) is 0 Å². The lowest BCUT2D eigenvalue weighted by atomic mass is 10.2. The van der Waals surface area contributed by atoms with Crippen molar-refractivity contribution in [2.24, 2.45) is 0 Å². The Labute approximate surface area is 186 Å². The summed E-state index contributed by atoms with van der Waals surface area (Å²) < 4.78 is 33.0. The van der Waals surface area contributed by atoms with Crippen LogP contribution in [0.25, 0.3) is 10.4 Å². The van der Waals surface area contributed by atoms with Crippen LogP contribution in [-0.2, 0) is 26.0 Å². The first-order valence-corrected chi connectivity index (χ1v) is 12.5. The number of nitrogens with one attached hydrogen (secondary N) is 1. The van der Waals surface area contributed by atoms with Crippen LogP contribution in [0.5, 0.6) is 0 Å². The van der Waals surface area contributed by atoms with Gasteiger partial charge in [-0.2, -0.15) is 0 Å². The number of nitrogens with zero attached hydrogens (tertiary/aromatic N) is 3. The van der Waals surface area contributed by atoms with E-state index < -0.39 is 10.0 Å². The molecule has 1 saturated heterocycles. The molecule has 1 aromatic carbocycles. The molecule has 1 aliphatic heterocycles. The first-order chi connectivity index (χ1) is 14.4. The Kier molecular flexibility index (Phi) is 6.34. The second-order valence-electron chi connectivity index (χ2n) is 6.43. The molecule has 0 saturated carbocycles. The van der Waals surface area contributed by atoms with Crippen molar-refractivity contribution in [2.75, 3.05) is 31.0 Å². The van der Waals surface area contributed by atoms with E-state index in [1.54, 1.807) is 17.0 Å². The van der Waals surface area contributed by atoms with E-state index in [0.717, 1.165) is 21.8 Å². The van der Waals surface area contributed by atoms with Crippen molar-refractivity contribution in [3.05, 3.63) is 45.7 Å². The summed E-state index contributed by atoms with van der Waals surface area (Å²) in [5, 5.41) is 10.8. The smallest absolute Gasteiger partial charge is 0.263 e. The zero-order valence-corrected chi connectivity index (χ0v) is 18.8. The molecule has 2 aromatic heterocycles. The third-order valence-electron chi connectivity index (χ3n) is 4.37. The molecule has 158 valence electrons. The van der Waals surface area contributed by atoms with Crippen molar-refractivity contribution in [1.82, 2.24) is 15.1 Å². The molecule has 0 radical (unpaired) electrons. The second-order valence-corrected chi connectivity index (χ2v) is 10.5. The van der Waals surface area contributed by atoms with Crippen LogP contribution in [0.2, 0.25) is 5.02 Å². The van der Waals surface area contributed by atoms with Crippen molar-refractivity contribution in [3.8, 4) is 10.4 Å². The molecule has 0 atom stereocenters. The lowest BCUT2D eigenvalue weighted by Gasteiger charge is -2.26. The van der Waals surface area contributed by atoms with Crippen molar-refractivity contribution >= 4 is 55.3 Å². The van der Waals surface area contributed by atoms with E-state index in [4.69, 9.17) is 16.3 Å². The highest BCUT2D eigenvalue weighted by molar-refractivity contribution is 7.93. The van der Waals surface area contributed by atoms with Gasteiger partial charge in [0.2, 0.25) is 11.0 Å². The molecule has 1 amide bonds. The fraction of sp³-hybridized carbons (Fsp3) is 0.278. The van der Waals surface area contributed by atoms with Crippen LogP contribution in [0, 0.1) is 0 Å². The number of hydrogen-bond donors (Lipinski definition) is 1. The topological polar surface area (TPSA) is 101 Å². The molecule has 30 heavy (non-hydrogen) atoms. The molecular formula is C18H17ClN4O4S3. The summed E-state index contributed by atoms with van der Waals surface area (Å²) in [5.41, 5.74) is 0.880.